The van der Waals surface area contributed by atoms with Gasteiger partial charge in [-0.1, -0.05) is 41.5 Å². The first-order valence-corrected chi connectivity index (χ1v) is 15.0. The molecule has 1 aliphatic rings. The van der Waals surface area contributed by atoms with Crippen LogP contribution in [0.3, 0.4) is 0 Å². The zero-order chi connectivity index (χ0) is 19.1. The van der Waals surface area contributed by atoms with Crippen molar-refractivity contribution in [3.8, 4) is 0 Å². The van der Waals surface area contributed by atoms with Crippen LogP contribution in [-0.2, 0) is 8.85 Å². The molecule has 4 atom stereocenters. The predicted molar refractivity (Wildman–Crippen MR) is 105 cm³/mol. The predicted octanol–water partition coefficient (Wildman–Crippen LogP) is 4.14. The highest BCUT2D eigenvalue weighted by atomic mass is 28.4. The molecule has 0 radical (unpaired) electrons. The molecule has 0 unspecified atom stereocenters. The molecule has 2 N–H and O–H groups in total. The van der Waals surface area contributed by atoms with E-state index in [9.17, 15) is 10.2 Å². The van der Waals surface area contributed by atoms with Gasteiger partial charge < -0.3 is 19.1 Å². The molecule has 0 amide bonds. The summed E-state index contributed by atoms with van der Waals surface area (Å²) in [4.78, 5) is 0. The lowest BCUT2D eigenvalue weighted by molar-refractivity contribution is 0.00570. The fraction of sp³-hybridized carbons (Fsp3) is 1.00. The molecule has 0 bridgehead atoms. The Morgan fingerprint density at radius 3 is 1.67 bits per heavy atom. The lowest BCUT2D eigenvalue weighted by Gasteiger charge is -2.44. The average molecular weight is 377 g/mol. The normalized spacial score (nSPS) is 30.0. The number of hydrogen-bond acceptors (Lipinski definition) is 4. The van der Waals surface area contributed by atoms with Crippen molar-refractivity contribution >= 4 is 16.6 Å². The van der Waals surface area contributed by atoms with E-state index in [2.05, 4.69) is 67.7 Å². The van der Waals surface area contributed by atoms with E-state index in [0.29, 0.717) is 6.42 Å². The molecule has 1 aliphatic carbocycles. The molecule has 0 aliphatic heterocycles. The second-order valence-corrected chi connectivity index (χ2v) is 19.9. The summed E-state index contributed by atoms with van der Waals surface area (Å²) in [6.45, 7) is 22.1. The fourth-order valence-corrected chi connectivity index (χ4v) is 5.32. The minimum Gasteiger partial charge on any atom is -0.411 e. The smallest absolute Gasteiger partial charge is 0.192 e. The second-order valence-electron chi connectivity index (χ2n) is 10.4. The number of aliphatic hydroxyl groups is 2. The molecule has 0 aromatic carbocycles. The van der Waals surface area contributed by atoms with E-state index in [0.717, 1.165) is 0 Å². The van der Waals surface area contributed by atoms with Gasteiger partial charge in [0.15, 0.2) is 16.6 Å². The molecular formula is C18H40O4Si2. The topological polar surface area (TPSA) is 58.9 Å². The molecule has 6 heteroatoms. The summed E-state index contributed by atoms with van der Waals surface area (Å²) < 4.78 is 13.2. The Balaban J connectivity index is 3.06. The van der Waals surface area contributed by atoms with E-state index in [1.165, 1.54) is 0 Å². The summed E-state index contributed by atoms with van der Waals surface area (Å²) in [7, 11) is -3.97. The molecule has 0 saturated heterocycles. The Hall–Kier alpha value is 0.274. The maximum absolute atomic E-state index is 10.4. The first-order valence-electron chi connectivity index (χ1n) is 9.18. The molecule has 1 fully saturated rings. The number of rotatable bonds is 5. The van der Waals surface area contributed by atoms with Crippen molar-refractivity contribution in [2.75, 3.05) is 6.61 Å². The summed E-state index contributed by atoms with van der Waals surface area (Å²) in [6, 6.07) is 0. The summed E-state index contributed by atoms with van der Waals surface area (Å²) in [5.41, 5.74) is 0. The van der Waals surface area contributed by atoms with Crippen molar-refractivity contribution in [3.63, 3.8) is 0 Å². The molecule has 1 saturated carbocycles. The summed E-state index contributed by atoms with van der Waals surface area (Å²) in [6.07, 6.45) is -0.358. The summed E-state index contributed by atoms with van der Waals surface area (Å²) in [5.74, 6) is -0.256. The Kier molecular flexibility index (Phi) is 6.62. The number of aliphatic hydroxyl groups excluding tert-OH is 2. The van der Waals surface area contributed by atoms with Crippen LogP contribution in [0.15, 0.2) is 0 Å². The maximum Gasteiger partial charge on any atom is 0.192 e. The van der Waals surface area contributed by atoms with Crippen molar-refractivity contribution in [2.45, 2.75) is 103 Å². The molecule has 144 valence electrons. The van der Waals surface area contributed by atoms with Gasteiger partial charge in [-0.25, -0.2) is 0 Å². The molecule has 24 heavy (non-hydrogen) atoms. The van der Waals surface area contributed by atoms with E-state index in [1.807, 2.05) is 0 Å². The van der Waals surface area contributed by atoms with Crippen molar-refractivity contribution in [2.24, 2.45) is 5.92 Å². The second kappa shape index (κ2) is 7.12. The van der Waals surface area contributed by atoms with Crippen molar-refractivity contribution in [1.29, 1.82) is 0 Å². The van der Waals surface area contributed by atoms with Crippen molar-refractivity contribution in [1.82, 2.24) is 0 Å². The van der Waals surface area contributed by atoms with Crippen LogP contribution in [0.5, 0.6) is 0 Å². The Labute approximate surface area is 151 Å². The zero-order valence-electron chi connectivity index (χ0n) is 17.4. The Morgan fingerprint density at radius 1 is 0.875 bits per heavy atom. The van der Waals surface area contributed by atoms with Gasteiger partial charge in [0.2, 0.25) is 0 Å². The van der Waals surface area contributed by atoms with Crippen LogP contribution in [0.2, 0.25) is 36.3 Å². The van der Waals surface area contributed by atoms with Gasteiger partial charge in [-0.3, -0.25) is 0 Å². The summed E-state index contributed by atoms with van der Waals surface area (Å²) >= 11 is 0. The van der Waals surface area contributed by atoms with Gasteiger partial charge in [-0.2, -0.15) is 0 Å². The van der Waals surface area contributed by atoms with Crippen LogP contribution in [0.1, 0.15) is 48.0 Å². The minimum absolute atomic E-state index is 0.0577. The van der Waals surface area contributed by atoms with Crippen LogP contribution >= 0.6 is 0 Å². The van der Waals surface area contributed by atoms with E-state index in [1.54, 1.807) is 0 Å². The van der Waals surface area contributed by atoms with Crippen molar-refractivity contribution < 1.29 is 19.1 Å². The van der Waals surface area contributed by atoms with Gasteiger partial charge in [0.05, 0.1) is 24.9 Å². The standard InChI is InChI=1S/C18H40O4Si2/c1-17(2,3)23(7,8)21-15-11-14(20)13(12-19)16(15)22-24(9,10)18(4,5)6/h13-16,19-20H,11-12H2,1-10H3/t13-,14-,15+,16-/m1/s1. The highest BCUT2D eigenvalue weighted by Gasteiger charge is 2.51. The van der Waals surface area contributed by atoms with Gasteiger partial charge >= 0.3 is 0 Å². The third-order valence-electron chi connectivity index (χ3n) is 6.46. The fourth-order valence-electron chi connectivity index (χ4n) is 2.62. The quantitative estimate of drug-likeness (QED) is 0.708. The van der Waals surface area contributed by atoms with Crippen LogP contribution in [0, 0.1) is 5.92 Å². The minimum atomic E-state index is -2.01. The van der Waals surface area contributed by atoms with Crippen LogP contribution in [-0.4, -0.2) is 51.8 Å². The third-order valence-corrected chi connectivity index (χ3v) is 15.4. The molecule has 1 rings (SSSR count). The molecule has 4 nitrogen and oxygen atoms in total. The van der Waals surface area contributed by atoms with Crippen molar-refractivity contribution in [3.05, 3.63) is 0 Å². The van der Waals surface area contributed by atoms with E-state index >= 15 is 0 Å². The van der Waals surface area contributed by atoms with E-state index < -0.39 is 22.7 Å². The van der Waals surface area contributed by atoms with Crippen LogP contribution in [0.25, 0.3) is 0 Å². The highest BCUT2D eigenvalue weighted by Crippen LogP contribution is 2.44. The Morgan fingerprint density at radius 2 is 1.29 bits per heavy atom. The highest BCUT2D eigenvalue weighted by molar-refractivity contribution is 6.74. The van der Waals surface area contributed by atoms with Gasteiger partial charge in [0, 0.05) is 12.3 Å². The molecule has 0 aromatic heterocycles. The van der Waals surface area contributed by atoms with Crippen LogP contribution in [0.4, 0.5) is 0 Å². The lowest BCUT2D eigenvalue weighted by Crippen LogP contribution is -2.52. The summed E-state index contributed by atoms with van der Waals surface area (Å²) in [5, 5.41) is 20.4. The molecule has 0 aromatic rings. The molecular weight excluding hydrogens is 336 g/mol. The monoisotopic (exact) mass is 376 g/mol. The first kappa shape index (κ1) is 22.3. The van der Waals surface area contributed by atoms with E-state index in [-0.39, 0.29) is 34.8 Å². The van der Waals surface area contributed by atoms with Gasteiger partial charge in [-0.15, -0.1) is 0 Å². The first-order chi connectivity index (χ1) is 10.5. The zero-order valence-corrected chi connectivity index (χ0v) is 19.4. The van der Waals surface area contributed by atoms with Crippen LogP contribution < -0.4 is 0 Å². The largest absolute Gasteiger partial charge is 0.411 e. The van der Waals surface area contributed by atoms with E-state index in [4.69, 9.17) is 8.85 Å². The SMILES string of the molecule is CC(C)(C)[Si](C)(C)O[C@@H]1[C@H](CO)[C@H](O)C[C@@H]1O[Si](C)(C)C(C)(C)C. The Bertz CT molecular complexity index is 424. The van der Waals surface area contributed by atoms with Gasteiger partial charge in [0.25, 0.3) is 0 Å². The molecule has 0 spiro atoms. The third kappa shape index (κ3) is 4.71. The molecule has 0 heterocycles. The average Bonchev–Trinajstić information content (AvgIpc) is 2.60. The maximum atomic E-state index is 10.4. The lowest BCUT2D eigenvalue weighted by atomic mass is 10.1. The van der Waals surface area contributed by atoms with Gasteiger partial charge in [0.1, 0.15) is 0 Å². The number of hydrogen-bond donors (Lipinski definition) is 2. The van der Waals surface area contributed by atoms with Gasteiger partial charge in [-0.05, 0) is 36.3 Å².